The average molecular weight is 318 g/mol. The third-order valence-corrected chi connectivity index (χ3v) is 2.52. The van der Waals surface area contributed by atoms with Crippen molar-refractivity contribution in [3.05, 3.63) is 47.0 Å². The molecular weight excluding hydrogens is 303 g/mol. The van der Waals surface area contributed by atoms with Crippen molar-refractivity contribution in [1.29, 1.82) is 0 Å². The summed E-state index contributed by atoms with van der Waals surface area (Å²) in [6.45, 7) is 1.12. The molecule has 2 nitrogen and oxygen atoms in total. The Kier molecular flexibility index (Phi) is 8.10. The van der Waals surface area contributed by atoms with Crippen LogP contribution in [0, 0.1) is 12.8 Å². The van der Waals surface area contributed by atoms with Gasteiger partial charge in [-0.15, -0.1) is 12.8 Å². The second-order valence-electron chi connectivity index (χ2n) is 3.78. The number of hydrogen-bond acceptors (Lipinski definition) is 2. The first-order valence-corrected chi connectivity index (χ1v) is 6.10. The minimum atomic E-state index is -4.30. The summed E-state index contributed by atoms with van der Waals surface area (Å²) in [4.78, 5) is 0. The summed E-state index contributed by atoms with van der Waals surface area (Å²) in [5, 5.41) is 0.357. The summed E-state index contributed by atoms with van der Waals surface area (Å²) in [7, 11) is 0. The van der Waals surface area contributed by atoms with Gasteiger partial charge in [0.25, 0.3) is 0 Å². The summed E-state index contributed by atoms with van der Waals surface area (Å²) in [5.74, 6) is 0.428. The van der Waals surface area contributed by atoms with Gasteiger partial charge in [-0.1, -0.05) is 23.8 Å². The van der Waals surface area contributed by atoms with Gasteiger partial charge in [0, 0.05) is 11.3 Å². The summed E-state index contributed by atoms with van der Waals surface area (Å²) >= 11 is 5.86. The van der Waals surface area contributed by atoms with Crippen molar-refractivity contribution in [1.82, 2.24) is 0 Å². The minimum Gasteiger partial charge on any atom is -0.488 e. The number of allylic oxidation sites excluding steroid dienone is 3. The molecule has 2 N–H and O–H groups in total. The topological polar surface area (TPSA) is 35.2 Å². The number of alkyl halides is 3. The van der Waals surface area contributed by atoms with Gasteiger partial charge >= 0.3 is 6.18 Å². The maximum absolute atomic E-state index is 12.2. The van der Waals surface area contributed by atoms with Crippen LogP contribution in [-0.4, -0.2) is 12.8 Å². The third-order valence-electron chi connectivity index (χ3n) is 2.22. The van der Waals surface area contributed by atoms with Crippen LogP contribution in [-0.2, 0) is 0 Å². The quantitative estimate of drug-likeness (QED) is 0.500. The highest BCUT2D eigenvalue weighted by molar-refractivity contribution is 6.32. The van der Waals surface area contributed by atoms with Crippen molar-refractivity contribution >= 4 is 17.3 Å². The molecule has 0 unspecified atom stereocenters. The number of rotatable bonds is 4. The van der Waals surface area contributed by atoms with Crippen LogP contribution in [0.15, 0.2) is 42.0 Å². The molecule has 0 aliphatic rings. The molecule has 0 aliphatic heterocycles. The lowest BCUT2D eigenvalue weighted by atomic mass is 10.2. The molecule has 6 heteroatoms. The normalized spacial score (nSPS) is 11.9. The van der Waals surface area contributed by atoms with E-state index < -0.39 is 11.7 Å². The highest BCUT2D eigenvalue weighted by atomic mass is 35.5. The van der Waals surface area contributed by atoms with E-state index in [0.29, 0.717) is 16.5 Å². The Morgan fingerprint density at radius 1 is 1.38 bits per heavy atom. The lowest BCUT2D eigenvalue weighted by Crippen LogP contribution is -2.08. The van der Waals surface area contributed by atoms with Crippen molar-refractivity contribution in [2.75, 3.05) is 12.3 Å². The zero-order valence-corrected chi connectivity index (χ0v) is 12.1. The summed E-state index contributed by atoms with van der Waals surface area (Å²) in [6, 6.07) is 4.76. The van der Waals surface area contributed by atoms with E-state index in [0.717, 1.165) is 13.0 Å². The van der Waals surface area contributed by atoms with Gasteiger partial charge in [-0.25, -0.2) is 0 Å². The van der Waals surface area contributed by atoms with Crippen molar-refractivity contribution in [3.63, 3.8) is 0 Å². The van der Waals surface area contributed by atoms with E-state index in [1.807, 2.05) is 0 Å². The van der Waals surface area contributed by atoms with Crippen LogP contribution >= 0.6 is 11.6 Å². The summed E-state index contributed by atoms with van der Waals surface area (Å²) < 4.78 is 41.7. The van der Waals surface area contributed by atoms with E-state index >= 15 is 0 Å². The zero-order valence-electron chi connectivity index (χ0n) is 11.3. The van der Waals surface area contributed by atoms with Gasteiger partial charge in [0.05, 0.1) is 5.02 Å². The molecular formula is C15H15ClF3NO. The SMILES string of the molecule is C#C.C/C(=C\C=C/COc1ccc(N)cc1Cl)C(F)(F)F. The number of anilines is 1. The van der Waals surface area contributed by atoms with Crippen LogP contribution < -0.4 is 10.5 Å². The molecule has 0 saturated carbocycles. The van der Waals surface area contributed by atoms with Gasteiger partial charge in [-0.2, -0.15) is 13.2 Å². The van der Waals surface area contributed by atoms with Crippen molar-refractivity contribution < 1.29 is 17.9 Å². The van der Waals surface area contributed by atoms with Gasteiger partial charge in [0.2, 0.25) is 0 Å². The number of ether oxygens (including phenoxy) is 1. The van der Waals surface area contributed by atoms with Crippen LogP contribution in [0.1, 0.15) is 6.92 Å². The maximum Gasteiger partial charge on any atom is 0.412 e. The standard InChI is InChI=1S/C13H13ClF3NO.C2H2/c1-9(13(15,16)17)4-2-3-7-19-12-6-5-10(18)8-11(12)14;1-2/h2-6,8H,7,18H2,1H3;1-2H/b3-2-,9-4+;. The first kappa shape index (κ1) is 18.9. The smallest absolute Gasteiger partial charge is 0.412 e. The molecule has 1 rings (SSSR count). The highest BCUT2D eigenvalue weighted by Crippen LogP contribution is 2.26. The second kappa shape index (κ2) is 8.98. The van der Waals surface area contributed by atoms with Crippen LogP contribution in [0.25, 0.3) is 0 Å². The zero-order chi connectivity index (χ0) is 16.5. The molecule has 0 amide bonds. The van der Waals surface area contributed by atoms with Gasteiger partial charge in [-0.05, 0) is 31.2 Å². The number of benzene rings is 1. The molecule has 21 heavy (non-hydrogen) atoms. The Morgan fingerprint density at radius 3 is 2.52 bits per heavy atom. The number of hydrogen-bond donors (Lipinski definition) is 1. The van der Waals surface area contributed by atoms with Gasteiger partial charge in [0.1, 0.15) is 12.4 Å². The van der Waals surface area contributed by atoms with Gasteiger partial charge < -0.3 is 10.5 Å². The molecule has 0 aliphatic carbocycles. The van der Waals surface area contributed by atoms with Crippen LogP contribution in [0.2, 0.25) is 5.02 Å². The molecule has 0 radical (unpaired) electrons. The minimum absolute atomic E-state index is 0.116. The molecule has 114 valence electrons. The van der Waals surface area contributed by atoms with E-state index in [1.54, 1.807) is 12.1 Å². The number of terminal acetylenes is 1. The van der Waals surface area contributed by atoms with Crippen LogP contribution in [0.4, 0.5) is 18.9 Å². The van der Waals surface area contributed by atoms with Crippen LogP contribution in [0.3, 0.4) is 0 Å². The van der Waals surface area contributed by atoms with Gasteiger partial charge in [0.15, 0.2) is 0 Å². The Bertz CT molecular complexity index is 533. The monoisotopic (exact) mass is 317 g/mol. The van der Waals surface area contributed by atoms with E-state index in [1.165, 1.54) is 18.2 Å². The van der Waals surface area contributed by atoms with Crippen molar-refractivity contribution in [2.45, 2.75) is 13.1 Å². The molecule has 0 fully saturated rings. The highest BCUT2D eigenvalue weighted by Gasteiger charge is 2.29. The largest absolute Gasteiger partial charge is 0.488 e. The van der Waals surface area contributed by atoms with E-state index in [-0.39, 0.29) is 6.61 Å². The fraction of sp³-hybridized carbons (Fsp3) is 0.200. The first-order valence-electron chi connectivity index (χ1n) is 5.72. The van der Waals surface area contributed by atoms with Gasteiger partial charge in [-0.3, -0.25) is 0 Å². The average Bonchev–Trinajstić information content (AvgIpc) is 2.41. The third kappa shape index (κ3) is 7.33. The molecule has 0 aromatic heterocycles. The van der Waals surface area contributed by atoms with Crippen molar-refractivity contribution in [2.24, 2.45) is 0 Å². The Morgan fingerprint density at radius 2 is 2.00 bits per heavy atom. The number of nitrogen functional groups attached to an aromatic ring is 1. The van der Waals surface area contributed by atoms with E-state index in [9.17, 15) is 13.2 Å². The summed E-state index contributed by atoms with van der Waals surface area (Å²) in [5.41, 5.74) is 5.35. The van der Waals surface area contributed by atoms with E-state index in [4.69, 9.17) is 22.1 Å². The first-order chi connectivity index (χ1) is 9.80. The number of nitrogens with two attached hydrogens (primary N) is 1. The van der Waals surface area contributed by atoms with Crippen molar-refractivity contribution in [3.8, 4) is 18.6 Å². The Hall–Kier alpha value is -2.06. The molecule has 0 heterocycles. The van der Waals surface area contributed by atoms with E-state index in [2.05, 4.69) is 12.8 Å². The Balaban J connectivity index is 0.00000191. The second-order valence-corrected chi connectivity index (χ2v) is 4.18. The molecule has 0 bridgehead atoms. The lowest BCUT2D eigenvalue weighted by molar-refractivity contribution is -0.0913. The summed E-state index contributed by atoms with van der Waals surface area (Å²) in [6.07, 6.45) is 7.43. The molecule has 1 aromatic rings. The predicted molar refractivity (Wildman–Crippen MR) is 80.2 cm³/mol. The fourth-order valence-corrected chi connectivity index (χ4v) is 1.38. The molecule has 0 atom stereocenters. The molecule has 1 aromatic carbocycles. The molecule has 0 saturated heterocycles. The maximum atomic E-state index is 12.2. The predicted octanol–water partition coefficient (Wildman–Crippen LogP) is 4.62. The molecule has 0 spiro atoms. The fourth-order valence-electron chi connectivity index (χ4n) is 1.13. The number of halogens is 4. The Labute approximate surface area is 127 Å². The van der Waals surface area contributed by atoms with Crippen LogP contribution in [0.5, 0.6) is 5.75 Å². The lowest BCUT2D eigenvalue weighted by Gasteiger charge is -2.06.